The molecule has 1 amide bonds. The second-order valence-electron chi connectivity index (χ2n) is 6.28. The van der Waals surface area contributed by atoms with Crippen LogP contribution in [-0.2, 0) is 11.2 Å². The van der Waals surface area contributed by atoms with Gasteiger partial charge in [-0.3, -0.25) is 4.79 Å². The Kier molecular flexibility index (Phi) is 4.33. The summed E-state index contributed by atoms with van der Waals surface area (Å²) in [4.78, 5) is 13.6. The number of nitrogens with one attached hydrogen (secondary N) is 1. The van der Waals surface area contributed by atoms with Gasteiger partial charge < -0.3 is 15.0 Å². The van der Waals surface area contributed by atoms with Gasteiger partial charge >= 0.3 is 0 Å². The van der Waals surface area contributed by atoms with E-state index in [1.165, 1.54) is 5.56 Å². The normalized spacial score (nSPS) is 15.6. The second kappa shape index (κ2) is 5.83. The van der Waals surface area contributed by atoms with E-state index in [2.05, 4.69) is 38.2 Å². The number of amides is 1. The van der Waals surface area contributed by atoms with Gasteiger partial charge in [0.15, 0.2) is 0 Å². The number of ether oxygens (including phenoxy) is 1. The molecule has 2 rings (SSSR count). The summed E-state index contributed by atoms with van der Waals surface area (Å²) in [5, 5.41) is 3.47. The Bertz CT molecular complexity index is 492. The summed E-state index contributed by atoms with van der Waals surface area (Å²) < 4.78 is 5.62. The van der Waals surface area contributed by atoms with Crippen LogP contribution in [0.5, 0.6) is 5.75 Å². The number of benzene rings is 1. The lowest BCUT2D eigenvalue weighted by molar-refractivity contribution is -0.118. The van der Waals surface area contributed by atoms with E-state index in [0.717, 1.165) is 24.4 Å². The van der Waals surface area contributed by atoms with Crippen LogP contribution in [0, 0.1) is 0 Å². The molecule has 0 saturated carbocycles. The molecule has 0 spiro atoms. The molecule has 0 saturated heterocycles. The van der Waals surface area contributed by atoms with E-state index in [-0.39, 0.29) is 11.4 Å². The van der Waals surface area contributed by atoms with Crippen LogP contribution in [0.25, 0.3) is 0 Å². The molecule has 0 atom stereocenters. The van der Waals surface area contributed by atoms with Gasteiger partial charge in [-0.25, -0.2) is 0 Å². The first-order valence-corrected chi connectivity index (χ1v) is 7.14. The Balaban J connectivity index is 2.10. The number of nitrogens with zero attached hydrogens (tertiary/aromatic N) is 1. The smallest absolute Gasteiger partial charge is 0.230 e. The first kappa shape index (κ1) is 14.9. The molecule has 1 aromatic rings. The van der Waals surface area contributed by atoms with Crippen molar-refractivity contribution in [2.75, 3.05) is 25.1 Å². The summed E-state index contributed by atoms with van der Waals surface area (Å²) >= 11 is 0. The van der Waals surface area contributed by atoms with Crippen LogP contribution in [0.2, 0.25) is 0 Å². The van der Waals surface area contributed by atoms with Gasteiger partial charge in [0.2, 0.25) is 5.91 Å². The molecule has 0 aromatic heterocycles. The average Bonchev–Trinajstić information content (AvgIpc) is 2.49. The molecule has 0 bridgehead atoms. The first-order chi connectivity index (χ1) is 9.37. The Hall–Kier alpha value is -1.55. The van der Waals surface area contributed by atoms with Crippen molar-refractivity contribution in [2.24, 2.45) is 0 Å². The van der Waals surface area contributed by atoms with Gasteiger partial charge in [-0.05, 0) is 51.4 Å². The van der Waals surface area contributed by atoms with Crippen molar-refractivity contribution < 1.29 is 9.53 Å². The highest BCUT2D eigenvalue weighted by atomic mass is 16.5. The van der Waals surface area contributed by atoms with Crippen molar-refractivity contribution >= 4 is 11.6 Å². The molecule has 0 fully saturated rings. The maximum absolute atomic E-state index is 11.9. The Labute approximate surface area is 121 Å². The van der Waals surface area contributed by atoms with Crippen LogP contribution in [0.4, 0.5) is 5.69 Å². The van der Waals surface area contributed by atoms with Gasteiger partial charge in [0.05, 0.1) is 18.7 Å². The lowest BCUT2D eigenvalue weighted by Gasteiger charge is -2.21. The third kappa shape index (κ3) is 3.73. The molecule has 1 aromatic carbocycles. The molecule has 4 heteroatoms. The summed E-state index contributed by atoms with van der Waals surface area (Å²) in [5.74, 6) is 0.902. The largest absolute Gasteiger partial charge is 0.491 e. The van der Waals surface area contributed by atoms with E-state index in [1.54, 1.807) is 4.90 Å². The predicted molar refractivity (Wildman–Crippen MR) is 81.4 cm³/mol. The zero-order chi connectivity index (χ0) is 14.8. The molecule has 110 valence electrons. The van der Waals surface area contributed by atoms with Crippen molar-refractivity contribution in [2.45, 2.75) is 39.2 Å². The zero-order valence-corrected chi connectivity index (χ0v) is 12.8. The van der Waals surface area contributed by atoms with Gasteiger partial charge in [-0.2, -0.15) is 0 Å². The van der Waals surface area contributed by atoms with Gasteiger partial charge in [0.25, 0.3) is 0 Å². The number of hydrogen-bond acceptors (Lipinski definition) is 3. The van der Waals surface area contributed by atoms with Crippen LogP contribution in [0.3, 0.4) is 0 Å². The van der Waals surface area contributed by atoms with E-state index in [0.29, 0.717) is 13.0 Å². The Morgan fingerprint density at radius 3 is 2.80 bits per heavy atom. The maximum Gasteiger partial charge on any atom is 0.230 e. The standard InChI is InChI=1S/C16H24N2O2/c1-16(2,3)17-9-7-12-5-6-14-13(11-12)18(4)15(19)8-10-20-14/h5-6,11,17H,7-10H2,1-4H3. The quantitative estimate of drug-likeness (QED) is 0.921. The molecule has 1 heterocycles. The number of fused-ring (bicyclic) bond motifs is 1. The van der Waals surface area contributed by atoms with Crippen molar-refractivity contribution in [1.29, 1.82) is 0 Å². The summed E-state index contributed by atoms with van der Waals surface area (Å²) in [6.07, 6.45) is 1.37. The molecule has 0 radical (unpaired) electrons. The lowest BCUT2D eigenvalue weighted by atomic mass is 10.1. The summed E-state index contributed by atoms with van der Waals surface area (Å²) in [7, 11) is 1.81. The Morgan fingerprint density at radius 1 is 1.35 bits per heavy atom. The Morgan fingerprint density at radius 2 is 2.10 bits per heavy atom. The average molecular weight is 276 g/mol. The van der Waals surface area contributed by atoms with Crippen molar-refractivity contribution in [3.63, 3.8) is 0 Å². The van der Waals surface area contributed by atoms with Gasteiger partial charge in [0.1, 0.15) is 5.75 Å². The fraction of sp³-hybridized carbons (Fsp3) is 0.562. The number of anilines is 1. The predicted octanol–water partition coefficient (Wildman–Crippen LogP) is 2.36. The van der Waals surface area contributed by atoms with Crippen LogP contribution >= 0.6 is 0 Å². The van der Waals surface area contributed by atoms with Gasteiger partial charge in [-0.1, -0.05) is 6.07 Å². The SMILES string of the molecule is CN1C(=O)CCOc2ccc(CCNC(C)(C)C)cc21. The van der Waals surface area contributed by atoms with Crippen LogP contribution < -0.4 is 15.0 Å². The minimum absolute atomic E-state index is 0.105. The molecule has 1 N–H and O–H groups in total. The zero-order valence-electron chi connectivity index (χ0n) is 12.8. The second-order valence-corrected chi connectivity index (χ2v) is 6.28. The highest BCUT2D eigenvalue weighted by molar-refractivity contribution is 5.95. The fourth-order valence-electron chi connectivity index (χ4n) is 2.23. The third-order valence-electron chi connectivity index (χ3n) is 3.40. The number of hydrogen-bond donors (Lipinski definition) is 1. The van der Waals surface area contributed by atoms with Crippen LogP contribution in [0.1, 0.15) is 32.8 Å². The molecule has 0 unspecified atom stereocenters. The minimum atomic E-state index is 0.105. The van der Waals surface area contributed by atoms with Gasteiger partial charge in [-0.15, -0.1) is 0 Å². The summed E-state index contributed by atoms with van der Waals surface area (Å²) in [6.45, 7) is 7.85. The molecular weight excluding hydrogens is 252 g/mol. The first-order valence-electron chi connectivity index (χ1n) is 7.14. The van der Waals surface area contributed by atoms with Crippen LogP contribution in [0.15, 0.2) is 18.2 Å². The lowest BCUT2D eigenvalue weighted by Crippen LogP contribution is -2.37. The number of carbonyl (C=O) groups is 1. The van der Waals surface area contributed by atoms with E-state index in [1.807, 2.05) is 13.1 Å². The molecule has 4 nitrogen and oxygen atoms in total. The monoisotopic (exact) mass is 276 g/mol. The maximum atomic E-state index is 11.9. The topological polar surface area (TPSA) is 41.6 Å². The summed E-state index contributed by atoms with van der Waals surface area (Å²) in [6, 6.07) is 6.10. The van der Waals surface area contributed by atoms with Gasteiger partial charge in [0, 0.05) is 12.6 Å². The molecule has 0 aliphatic carbocycles. The molecular formula is C16H24N2O2. The van der Waals surface area contributed by atoms with E-state index in [4.69, 9.17) is 4.74 Å². The van der Waals surface area contributed by atoms with Crippen LogP contribution in [-0.4, -0.2) is 31.6 Å². The number of rotatable bonds is 3. The van der Waals surface area contributed by atoms with Crippen molar-refractivity contribution in [3.05, 3.63) is 23.8 Å². The number of carbonyl (C=O) groups excluding carboxylic acids is 1. The highest BCUT2D eigenvalue weighted by Gasteiger charge is 2.20. The van der Waals surface area contributed by atoms with E-state index < -0.39 is 0 Å². The highest BCUT2D eigenvalue weighted by Crippen LogP contribution is 2.31. The third-order valence-corrected chi connectivity index (χ3v) is 3.40. The van der Waals surface area contributed by atoms with Crippen molar-refractivity contribution in [3.8, 4) is 5.75 Å². The fourth-order valence-corrected chi connectivity index (χ4v) is 2.23. The molecule has 20 heavy (non-hydrogen) atoms. The molecule has 1 aliphatic rings. The van der Waals surface area contributed by atoms with Crippen molar-refractivity contribution in [1.82, 2.24) is 5.32 Å². The van der Waals surface area contributed by atoms with E-state index in [9.17, 15) is 4.79 Å². The molecule has 1 aliphatic heterocycles. The van der Waals surface area contributed by atoms with E-state index >= 15 is 0 Å². The summed E-state index contributed by atoms with van der Waals surface area (Å²) in [5.41, 5.74) is 2.22. The minimum Gasteiger partial charge on any atom is -0.491 e.